The van der Waals surface area contributed by atoms with E-state index < -0.39 is 22.7 Å². The van der Waals surface area contributed by atoms with Crippen LogP contribution in [0.4, 0.5) is 0 Å². The molecule has 2 heteroatoms. The van der Waals surface area contributed by atoms with Gasteiger partial charge in [0.05, 0.1) is 0 Å². The van der Waals surface area contributed by atoms with Gasteiger partial charge in [-0.05, 0) is 0 Å². The van der Waals surface area contributed by atoms with Crippen molar-refractivity contribution in [3.8, 4) is 0 Å². The summed E-state index contributed by atoms with van der Waals surface area (Å²) in [4.78, 5) is 0. The Morgan fingerprint density at radius 2 is 1.75 bits per heavy atom. The van der Waals surface area contributed by atoms with Gasteiger partial charge in [0.2, 0.25) is 0 Å². The monoisotopic (exact) mass is 207 g/mol. The third kappa shape index (κ3) is 1.44. The van der Waals surface area contributed by atoms with Gasteiger partial charge in [-0.2, -0.15) is 0 Å². The van der Waals surface area contributed by atoms with Gasteiger partial charge in [-0.3, -0.25) is 0 Å². The van der Waals surface area contributed by atoms with Gasteiger partial charge in [0.15, 0.2) is 0 Å². The molecule has 0 amide bonds. The molecule has 0 heterocycles. The Morgan fingerprint density at radius 3 is 2.12 bits per heavy atom. The van der Waals surface area contributed by atoms with Crippen molar-refractivity contribution >= 4 is 26.1 Å². The van der Waals surface area contributed by atoms with Gasteiger partial charge in [0, 0.05) is 0 Å². The number of benzene rings is 1. The summed E-state index contributed by atoms with van der Waals surface area (Å²) >= 11 is -1.04. The first-order valence-electron chi connectivity index (χ1n) is 2.49. The van der Waals surface area contributed by atoms with E-state index in [1.807, 2.05) is 30.3 Å². The molecular weight excluding hydrogens is 201 g/mol. The molecule has 0 fully saturated rings. The van der Waals surface area contributed by atoms with Gasteiger partial charge in [0.1, 0.15) is 0 Å². The Morgan fingerprint density at radius 1 is 1.12 bits per heavy atom. The molecule has 0 atom stereocenters. The SMILES string of the molecule is [NH]=[In][c]1ccccc1. The first-order valence-corrected chi connectivity index (χ1v) is 5.78. The molecule has 0 aliphatic rings. The third-order valence-electron chi connectivity index (χ3n) is 0.966. The van der Waals surface area contributed by atoms with Gasteiger partial charge in [-0.25, -0.2) is 0 Å². The predicted molar refractivity (Wildman–Crippen MR) is 34.5 cm³/mol. The van der Waals surface area contributed by atoms with Crippen molar-refractivity contribution in [1.29, 1.82) is 3.33 Å². The summed E-state index contributed by atoms with van der Waals surface area (Å²) in [6.45, 7) is 0. The van der Waals surface area contributed by atoms with E-state index in [1.54, 1.807) is 0 Å². The molecular formula is C6H6InN. The molecule has 38 valence electrons. The average Bonchev–Trinajstić information content (AvgIpc) is 1.90. The van der Waals surface area contributed by atoms with Crippen LogP contribution in [-0.2, 0) is 0 Å². The molecule has 1 aromatic rings. The average molecular weight is 207 g/mol. The molecule has 0 radical (unpaired) electrons. The number of nitrogens with one attached hydrogen (secondary N) is 1. The van der Waals surface area contributed by atoms with Crippen LogP contribution in [0.2, 0.25) is 0 Å². The van der Waals surface area contributed by atoms with Crippen LogP contribution in [0.25, 0.3) is 0 Å². The molecule has 1 N–H and O–H groups in total. The zero-order chi connectivity index (χ0) is 5.82. The summed E-state index contributed by atoms with van der Waals surface area (Å²) in [5.74, 6) is 0. The van der Waals surface area contributed by atoms with E-state index in [0.29, 0.717) is 0 Å². The molecule has 1 aromatic carbocycles. The summed E-state index contributed by atoms with van der Waals surface area (Å²) in [5.41, 5.74) is 0. The summed E-state index contributed by atoms with van der Waals surface area (Å²) < 4.78 is 8.40. The van der Waals surface area contributed by atoms with Gasteiger partial charge in [-0.15, -0.1) is 0 Å². The molecule has 0 spiro atoms. The maximum atomic E-state index is 7.13. The topological polar surface area (TPSA) is 23.9 Å². The van der Waals surface area contributed by atoms with Crippen LogP contribution in [0, 0.1) is 3.33 Å². The fraction of sp³-hybridized carbons (Fsp3) is 0. The summed E-state index contributed by atoms with van der Waals surface area (Å²) in [6.07, 6.45) is 0. The molecule has 0 aromatic heterocycles. The molecule has 0 aliphatic carbocycles. The standard InChI is InChI=1S/C6H5.In.HN/c1-2-4-6-5-3-1;;/h1-5H;;1H. The molecule has 0 aliphatic heterocycles. The van der Waals surface area contributed by atoms with Crippen LogP contribution < -0.4 is 3.32 Å². The summed E-state index contributed by atoms with van der Waals surface area (Å²) in [6, 6.07) is 10.1. The second kappa shape index (κ2) is 3.02. The van der Waals surface area contributed by atoms with Crippen LogP contribution in [0.15, 0.2) is 30.3 Å². The van der Waals surface area contributed by atoms with Crippen LogP contribution in [0.1, 0.15) is 0 Å². The molecule has 8 heavy (non-hydrogen) atoms. The van der Waals surface area contributed by atoms with Gasteiger partial charge >= 0.3 is 59.7 Å². The number of rotatable bonds is 1. The van der Waals surface area contributed by atoms with Gasteiger partial charge in [0.25, 0.3) is 0 Å². The van der Waals surface area contributed by atoms with E-state index in [9.17, 15) is 0 Å². The second-order valence-corrected chi connectivity index (χ2v) is 4.28. The maximum absolute atomic E-state index is 7.13. The van der Waals surface area contributed by atoms with Gasteiger partial charge < -0.3 is 0 Å². The Hall–Kier alpha value is -0.110. The Kier molecular flexibility index (Phi) is 2.27. The summed E-state index contributed by atoms with van der Waals surface area (Å²) in [5, 5.41) is 0. The predicted octanol–water partition coefficient (Wildman–Crippen LogP) is 0.778. The van der Waals surface area contributed by atoms with Crippen LogP contribution >= 0.6 is 0 Å². The summed E-state index contributed by atoms with van der Waals surface area (Å²) in [7, 11) is 0. The number of hydrogen-bond donors (Lipinski definition) is 1. The minimum absolute atomic E-state index is 1.04. The quantitative estimate of drug-likeness (QED) is 0.703. The molecule has 1 rings (SSSR count). The van der Waals surface area contributed by atoms with Crippen LogP contribution in [0.5, 0.6) is 0 Å². The van der Waals surface area contributed by atoms with Gasteiger partial charge in [-0.1, -0.05) is 0 Å². The number of hydrogen-bond acceptors (Lipinski definition) is 1. The van der Waals surface area contributed by atoms with Crippen molar-refractivity contribution in [2.24, 2.45) is 0 Å². The van der Waals surface area contributed by atoms with E-state index in [0.717, 1.165) is 0 Å². The zero-order valence-corrected chi connectivity index (χ0v) is 7.76. The first-order chi connectivity index (χ1) is 3.93. The molecule has 0 saturated carbocycles. The van der Waals surface area contributed by atoms with Crippen molar-refractivity contribution in [1.82, 2.24) is 0 Å². The van der Waals surface area contributed by atoms with Crippen LogP contribution in [0.3, 0.4) is 0 Å². The van der Waals surface area contributed by atoms with Crippen LogP contribution in [-0.4, -0.2) is 22.7 Å². The third-order valence-corrected chi connectivity index (χ3v) is 3.02. The van der Waals surface area contributed by atoms with E-state index in [2.05, 4.69) is 0 Å². The van der Waals surface area contributed by atoms with Crippen molar-refractivity contribution in [2.75, 3.05) is 0 Å². The van der Waals surface area contributed by atoms with Crippen molar-refractivity contribution in [2.45, 2.75) is 0 Å². The Labute approximate surface area is 59.8 Å². The molecule has 0 saturated heterocycles. The minimum atomic E-state index is -1.04. The Balaban J connectivity index is 2.99. The van der Waals surface area contributed by atoms with E-state index >= 15 is 0 Å². The van der Waals surface area contributed by atoms with E-state index in [4.69, 9.17) is 3.33 Å². The van der Waals surface area contributed by atoms with Crippen molar-refractivity contribution in [3.63, 3.8) is 0 Å². The van der Waals surface area contributed by atoms with E-state index in [1.165, 1.54) is 3.32 Å². The second-order valence-electron chi connectivity index (χ2n) is 1.56. The fourth-order valence-corrected chi connectivity index (χ4v) is 1.73. The van der Waals surface area contributed by atoms with Crippen molar-refractivity contribution < 1.29 is 0 Å². The first kappa shape index (κ1) is 6.02. The fourth-order valence-electron chi connectivity index (χ4n) is 0.549. The molecule has 0 unspecified atom stereocenters. The van der Waals surface area contributed by atoms with E-state index in [-0.39, 0.29) is 0 Å². The normalized spacial score (nSPS) is 8.00. The van der Waals surface area contributed by atoms with Crippen molar-refractivity contribution in [3.05, 3.63) is 30.3 Å². The molecule has 1 nitrogen and oxygen atoms in total. The zero-order valence-electron chi connectivity index (χ0n) is 4.46. The molecule has 0 bridgehead atoms. The Bertz CT molecular complexity index is 171.